The van der Waals surface area contributed by atoms with E-state index < -0.39 is 0 Å². The summed E-state index contributed by atoms with van der Waals surface area (Å²) >= 11 is 0. The van der Waals surface area contributed by atoms with Gasteiger partial charge in [0.25, 0.3) is 0 Å². The molecule has 4 atom stereocenters. The third-order valence-corrected chi connectivity index (χ3v) is 8.64. The molecule has 0 saturated heterocycles. The normalized spacial score (nSPS) is 31.8. The van der Waals surface area contributed by atoms with E-state index in [0.29, 0.717) is 12.5 Å². The molecule has 0 spiro atoms. The largest absolute Gasteiger partial charge is 0.338 e. The average molecular weight is 414 g/mol. The summed E-state index contributed by atoms with van der Waals surface area (Å²) in [5.74, 6) is 0.509. The summed E-state index contributed by atoms with van der Waals surface area (Å²) in [5.41, 5.74) is 2.50. The number of carbonyl (C=O) groups is 1. The average Bonchev–Trinajstić information content (AvgIpc) is 3.29. The molecule has 0 radical (unpaired) electrons. The number of benzene rings is 1. The summed E-state index contributed by atoms with van der Waals surface area (Å²) in [4.78, 5) is 13.2. The molecule has 2 aliphatic carbocycles. The lowest BCUT2D eigenvalue weighted by molar-refractivity contribution is 0.118. The first kappa shape index (κ1) is 21.3. The fourth-order valence-electron chi connectivity index (χ4n) is 6.09. The molecule has 164 valence electrons. The molecule has 2 fully saturated rings. The third-order valence-electron chi connectivity index (χ3n) is 8.64. The second kappa shape index (κ2) is 7.97. The van der Waals surface area contributed by atoms with E-state index in [2.05, 4.69) is 33.0 Å². The monoisotopic (exact) mass is 413 g/mol. The minimum Gasteiger partial charge on any atom is -0.333 e. The molecule has 1 N–H and O–H groups in total. The predicted molar refractivity (Wildman–Crippen MR) is 119 cm³/mol. The van der Waals surface area contributed by atoms with E-state index in [1.54, 1.807) is 5.01 Å². The molecule has 30 heavy (non-hydrogen) atoms. The molecule has 1 aliphatic heterocycles. The number of nitrogens with one attached hydrogen (secondary N) is 1. The minimum atomic E-state index is -0.233. The van der Waals surface area contributed by atoms with Gasteiger partial charge in [-0.1, -0.05) is 52.7 Å². The van der Waals surface area contributed by atoms with E-state index in [1.807, 2.05) is 12.1 Å². The van der Waals surface area contributed by atoms with Crippen LogP contribution in [0.5, 0.6) is 0 Å². The van der Waals surface area contributed by atoms with Crippen LogP contribution in [0.1, 0.15) is 84.1 Å². The Morgan fingerprint density at radius 1 is 1.23 bits per heavy atom. The van der Waals surface area contributed by atoms with Crippen LogP contribution in [0.4, 0.5) is 9.18 Å². The summed E-state index contributed by atoms with van der Waals surface area (Å²) < 4.78 is 13.4. The van der Waals surface area contributed by atoms with Crippen molar-refractivity contribution >= 4 is 11.7 Å². The summed E-state index contributed by atoms with van der Waals surface area (Å²) in [6, 6.07) is 6.79. The van der Waals surface area contributed by atoms with E-state index in [9.17, 15) is 9.18 Å². The number of hydrogen-bond donors (Lipinski definition) is 1. The number of hydrogen-bond acceptors (Lipinski definition) is 2. The van der Waals surface area contributed by atoms with Crippen molar-refractivity contribution in [1.82, 2.24) is 10.3 Å². The molecule has 4 nitrogen and oxygen atoms in total. The van der Waals surface area contributed by atoms with E-state index in [4.69, 9.17) is 5.10 Å². The Labute approximate surface area is 180 Å². The van der Waals surface area contributed by atoms with Crippen molar-refractivity contribution in [3.05, 3.63) is 35.6 Å². The van der Waals surface area contributed by atoms with Crippen molar-refractivity contribution in [2.24, 2.45) is 21.8 Å². The predicted octanol–water partition coefficient (Wildman–Crippen LogP) is 6.09. The van der Waals surface area contributed by atoms with Crippen LogP contribution >= 0.6 is 0 Å². The van der Waals surface area contributed by atoms with Crippen LogP contribution in [0.15, 0.2) is 29.4 Å². The van der Waals surface area contributed by atoms with E-state index >= 15 is 0 Å². The topological polar surface area (TPSA) is 44.7 Å². The van der Waals surface area contributed by atoms with Gasteiger partial charge < -0.3 is 5.32 Å². The van der Waals surface area contributed by atoms with E-state index in [1.165, 1.54) is 25.0 Å². The molecular weight excluding hydrogens is 377 g/mol. The van der Waals surface area contributed by atoms with Crippen molar-refractivity contribution in [1.29, 1.82) is 0 Å². The minimum absolute atomic E-state index is 0.0558. The first-order chi connectivity index (χ1) is 14.3. The number of rotatable bonds is 6. The Hall–Kier alpha value is -1.91. The van der Waals surface area contributed by atoms with Gasteiger partial charge in [0.15, 0.2) is 0 Å². The molecule has 5 heteroatoms. The number of carbonyl (C=O) groups excluding carboxylic acids is 1. The molecular formula is C25H36FN3O. The lowest BCUT2D eigenvalue weighted by atomic mass is 9.69. The van der Waals surface area contributed by atoms with Crippen molar-refractivity contribution in [2.75, 3.05) is 6.54 Å². The second-order valence-electron chi connectivity index (χ2n) is 10.3. The highest BCUT2D eigenvalue weighted by atomic mass is 19.1. The Balaban J connectivity index is 1.48. The number of fused-ring (bicyclic) bond motifs is 2. The maximum Gasteiger partial charge on any atom is 0.338 e. The van der Waals surface area contributed by atoms with Crippen molar-refractivity contribution < 1.29 is 9.18 Å². The van der Waals surface area contributed by atoms with Crippen LogP contribution < -0.4 is 5.32 Å². The molecule has 1 aromatic carbocycles. The molecule has 0 aromatic heterocycles. The molecule has 2 bridgehead atoms. The van der Waals surface area contributed by atoms with Crippen LogP contribution in [0.25, 0.3) is 0 Å². The Morgan fingerprint density at radius 2 is 1.97 bits per heavy atom. The highest BCUT2D eigenvalue weighted by Crippen LogP contribution is 2.65. The molecule has 3 aliphatic rings. The maximum absolute atomic E-state index is 13.4. The van der Waals surface area contributed by atoms with Crippen molar-refractivity contribution in [3.63, 3.8) is 0 Å². The molecule has 4 rings (SSSR count). The summed E-state index contributed by atoms with van der Waals surface area (Å²) in [5, 5.41) is 9.71. The summed E-state index contributed by atoms with van der Waals surface area (Å²) in [6.07, 6.45) is 7.77. The SMILES string of the molecule is CCCCCC1=NN(C(=O)N[C@H]2C[C@H]3CC[C@]2(C)C3(C)C)CC1c1ccc(F)cc1. The molecule has 1 unspecified atom stereocenters. The highest BCUT2D eigenvalue weighted by Gasteiger charge is 2.61. The fraction of sp³-hybridized carbons (Fsp3) is 0.680. The second-order valence-corrected chi connectivity index (χ2v) is 10.3. The molecule has 1 heterocycles. The molecule has 2 saturated carbocycles. The first-order valence-corrected chi connectivity index (χ1v) is 11.7. The van der Waals surface area contributed by atoms with Gasteiger partial charge in [-0.05, 0) is 66.5 Å². The zero-order chi connectivity index (χ0) is 21.5. The number of urea groups is 1. The third kappa shape index (κ3) is 3.54. The van der Waals surface area contributed by atoms with Gasteiger partial charge in [-0.15, -0.1) is 0 Å². The Morgan fingerprint density at radius 3 is 2.57 bits per heavy atom. The van der Waals surface area contributed by atoms with Gasteiger partial charge in [0, 0.05) is 17.7 Å². The van der Waals surface area contributed by atoms with Crippen LogP contribution in [-0.2, 0) is 0 Å². The summed E-state index contributed by atoms with van der Waals surface area (Å²) in [6.45, 7) is 9.79. The number of halogens is 1. The van der Waals surface area contributed by atoms with Gasteiger partial charge in [0.05, 0.1) is 6.54 Å². The highest BCUT2D eigenvalue weighted by molar-refractivity contribution is 5.94. The number of hydrazone groups is 1. The van der Waals surface area contributed by atoms with Gasteiger partial charge in [-0.3, -0.25) is 0 Å². The Kier molecular flexibility index (Phi) is 5.67. The summed E-state index contributed by atoms with van der Waals surface area (Å²) in [7, 11) is 0. The smallest absolute Gasteiger partial charge is 0.333 e. The van der Waals surface area contributed by atoms with Gasteiger partial charge in [-0.2, -0.15) is 5.10 Å². The van der Waals surface area contributed by atoms with Crippen LogP contribution in [0.3, 0.4) is 0 Å². The lowest BCUT2D eigenvalue weighted by Crippen LogP contribution is -2.50. The van der Waals surface area contributed by atoms with Crippen molar-refractivity contribution in [3.8, 4) is 0 Å². The van der Waals surface area contributed by atoms with Crippen molar-refractivity contribution in [2.45, 2.75) is 84.6 Å². The van der Waals surface area contributed by atoms with Crippen LogP contribution in [0, 0.1) is 22.6 Å². The number of nitrogens with zero attached hydrogens (tertiary/aromatic N) is 2. The van der Waals surface area contributed by atoms with E-state index in [0.717, 1.165) is 43.4 Å². The Bertz CT molecular complexity index is 818. The number of amides is 2. The molecule has 2 amide bonds. The van der Waals surface area contributed by atoms with Gasteiger partial charge >= 0.3 is 6.03 Å². The maximum atomic E-state index is 13.4. The lowest BCUT2D eigenvalue weighted by Gasteiger charge is -2.39. The number of unbranched alkanes of at least 4 members (excludes halogenated alkanes) is 2. The molecule has 1 aromatic rings. The quantitative estimate of drug-likeness (QED) is 0.564. The standard InChI is InChI=1S/C25H36FN3O/c1-5-6-7-8-21-20(17-9-11-19(26)12-10-17)16-29(28-21)23(30)27-22-15-18-13-14-25(22,4)24(18,2)3/h9-12,18,20,22H,5-8,13-16H2,1-4H3,(H,27,30)/t18-,20?,22+,25+/m1/s1. The zero-order valence-corrected chi connectivity index (χ0v) is 18.9. The van der Waals surface area contributed by atoms with Crippen LogP contribution in [-0.4, -0.2) is 29.3 Å². The van der Waals surface area contributed by atoms with Gasteiger partial charge in [-0.25, -0.2) is 14.2 Å². The van der Waals surface area contributed by atoms with Gasteiger partial charge in [0.1, 0.15) is 5.82 Å². The van der Waals surface area contributed by atoms with Gasteiger partial charge in [0.2, 0.25) is 0 Å². The van der Waals surface area contributed by atoms with E-state index in [-0.39, 0.29) is 34.6 Å². The fourth-order valence-corrected chi connectivity index (χ4v) is 6.09. The zero-order valence-electron chi connectivity index (χ0n) is 18.9. The first-order valence-electron chi connectivity index (χ1n) is 11.7. The van der Waals surface area contributed by atoms with Crippen LogP contribution in [0.2, 0.25) is 0 Å².